The van der Waals surface area contributed by atoms with Crippen LogP contribution in [0.5, 0.6) is 0 Å². The van der Waals surface area contributed by atoms with Crippen LogP contribution in [0.25, 0.3) is 0 Å². The van der Waals surface area contributed by atoms with E-state index in [2.05, 4.69) is 4.98 Å². The number of anilines is 1. The Balaban J connectivity index is 1.66. The predicted octanol–water partition coefficient (Wildman–Crippen LogP) is 3.35. The summed E-state index contributed by atoms with van der Waals surface area (Å²) in [4.78, 5) is 18.6. The highest BCUT2D eigenvalue weighted by Gasteiger charge is 2.33. The quantitative estimate of drug-likeness (QED) is 0.843. The molecule has 0 unspecified atom stereocenters. The topological polar surface area (TPSA) is 33.2 Å². The second kappa shape index (κ2) is 6.04. The van der Waals surface area contributed by atoms with Gasteiger partial charge < -0.3 is 0 Å². The van der Waals surface area contributed by atoms with Gasteiger partial charge in [-0.3, -0.25) is 9.69 Å². The molecular weight excluding hydrogens is 267 g/mol. The van der Waals surface area contributed by atoms with Gasteiger partial charge in [-0.15, -0.1) is 0 Å². The summed E-state index contributed by atoms with van der Waals surface area (Å²) in [5.74, 6) is 0.558. The maximum atomic E-state index is 12.9. The smallest absolute Gasteiger partial charge is 0.228 e. The minimum Gasteiger partial charge on any atom is -0.294 e. The van der Waals surface area contributed by atoms with Crippen molar-refractivity contribution in [1.29, 1.82) is 0 Å². The Morgan fingerprint density at radius 1 is 1.19 bits per heavy atom. The first-order chi connectivity index (χ1) is 10.2. The van der Waals surface area contributed by atoms with Crippen LogP contribution in [0.4, 0.5) is 10.2 Å². The lowest BCUT2D eigenvalue weighted by Gasteiger charge is -2.21. The van der Waals surface area contributed by atoms with Crippen molar-refractivity contribution in [2.45, 2.75) is 31.7 Å². The third kappa shape index (κ3) is 3.45. The molecule has 0 atom stereocenters. The van der Waals surface area contributed by atoms with Crippen molar-refractivity contribution >= 4 is 11.7 Å². The van der Waals surface area contributed by atoms with E-state index in [9.17, 15) is 9.18 Å². The highest BCUT2D eigenvalue weighted by molar-refractivity contribution is 5.93. The third-order valence-electron chi connectivity index (χ3n) is 3.62. The zero-order valence-corrected chi connectivity index (χ0v) is 11.7. The first-order valence-electron chi connectivity index (χ1n) is 7.21. The Morgan fingerprint density at radius 2 is 1.95 bits per heavy atom. The molecule has 2 aromatic rings. The minimum atomic E-state index is -0.252. The van der Waals surface area contributed by atoms with Crippen LogP contribution in [0, 0.1) is 5.82 Å². The summed E-state index contributed by atoms with van der Waals surface area (Å²) in [7, 11) is 0. The molecule has 21 heavy (non-hydrogen) atoms. The van der Waals surface area contributed by atoms with Crippen LogP contribution in [0.2, 0.25) is 0 Å². The van der Waals surface area contributed by atoms with E-state index in [-0.39, 0.29) is 11.7 Å². The van der Waals surface area contributed by atoms with Crippen LogP contribution in [0.3, 0.4) is 0 Å². The number of aryl methyl sites for hydroxylation is 1. The van der Waals surface area contributed by atoms with Gasteiger partial charge in [-0.05, 0) is 49.1 Å². The van der Waals surface area contributed by atoms with Crippen molar-refractivity contribution in [3.63, 3.8) is 0 Å². The van der Waals surface area contributed by atoms with Gasteiger partial charge in [0, 0.05) is 18.7 Å². The number of nitrogens with zero attached hydrogens (tertiary/aromatic N) is 2. The Morgan fingerprint density at radius 3 is 2.57 bits per heavy atom. The van der Waals surface area contributed by atoms with Crippen LogP contribution in [0.15, 0.2) is 48.7 Å². The molecule has 0 saturated heterocycles. The highest BCUT2D eigenvalue weighted by atomic mass is 19.1. The molecule has 0 N–H and O–H groups in total. The van der Waals surface area contributed by atoms with Gasteiger partial charge in [0.05, 0.1) is 0 Å². The van der Waals surface area contributed by atoms with Gasteiger partial charge in [-0.2, -0.15) is 0 Å². The number of hydrogen-bond acceptors (Lipinski definition) is 2. The summed E-state index contributed by atoms with van der Waals surface area (Å²) < 4.78 is 12.9. The first kappa shape index (κ1) is 13.7. The Kier molecular flexibility index (Phi) is 3.95. The monoisotopic (exact) mass is 284 g/mol. The van der Waals surface area contributed by atoms with E-state index in [1.165, 1.54) is 12.1 Å². The van der Waals surface area contributed by atoms with Gasteiger partial charge in [-0.1, -0.05) is 18.2 Å². The van der Waals surface area contributed by atoms with Crippen molar-refractivity contribution in [2.75, 3.05) is 4.90 Å². The number of halogens is 1. The predicted molar refractivity (Wildman–Crippen MR) is 79.5 cm³/mol. The summed E-state index contributed by atoms with van der Waals surface area (Å²) in [5.41, 5.74) is 0.974. The van der Waals surface area contributed by atoms with E-state index < -0.39 is 0 Å². The molecule has 4 heteroatoms. The van der Waals surface area contributed by atoms with Crippen molar-refractivity contribution in [3.05, 3.63) is 60.0 Å². The standard InChI is InChI=1S/C17H17FN2O/c18-14-7-4-13(5-8-14)6-11-17(21)20(15-9-10-15)16-3-1-2-12-19-16/h1-5,7-8,12,15H,6,9-11H2. The van der Waals surface area contributed by atoms with E-state index in [0.717, 1.165) is 24.2 Å². The number of hydrogen-bond donors (Lipinski definition) is 0. The Hall–Kier alpha value is -2.23. The lowest BCUT2D eigenvalue weighted by atomic mass is 10.1. The van der Waals surface area contributed by atoms with Crippen molar-refractivity contribution in [1.82, 2.24) is 4.98 Å². The number of carbonyl (C=O) groups excluding carboxylic acids is 1. The summed E-state index contributed by atoms with van der Waals surface area (Å²) in [5, 5.41) is 0. The lowest BCUT2D eigenvalue weighted by Crippen LogP contribution is -2.33. The molecular formula is C17H17FN2O. The Bertz CT molecular complexity index is 608. The molecule has 1 saturated carbocycles. The van der Waals surface area contributed by atoms with Gasteiger partial charge in [0.1, 0.15) is 11.6 Å². The average Bonchev–Trinajstić information content (AvgIpc) is 3.33. The lowest BCUT2D eigenvalue weighted by molar-refractivity contribution is -0.118. The Labute approximate surface area is 123 Å². The van der Waals surface area contributed by atoms with Gasteiger partial charge in [-0.25, -0.2) is 9.37 Å². The zero-order chi connectivity index (χ0) is 14.7. The molecule has 1 amide bonds. The number of carbonyl (C=O) groups is 1. The normalized spacial score (nSPS) is 14.0. The number of aromatic nitrogens is 1. The van der Waals surface area contributed by atoms with Crippen LogP contribution in [-0.4, -0.2) is 16.9 Å². The van der Waals surface area contributed by atoms with E-state index in [1.807, 2.05) is 23.1 Å². The molecule has 1 fully saturated rings. The summed E-state index contributed by atoms with van der Waals surface area (Å²) >= 11 is 0. The fourth-order valence-electron chi connectivity index (χ4n) is 2.37. The number of rotatable bonds is 5. The van der Waals surface area contributed by atoms with Crippen LogP contribution < -0.4 is 4.90 Å². The molecule has 0 radical (unpaired) electrons. The fourth-order valence-corrected chi connectivity index (χ4v) is 2.37. The highest BCUT2D eigenvalue weighted by Crippen LogP contribution is 2.31. The molecule has 0 bridgehead atoms. The fraction of sp³-hybridized carbons (Fsp3) is 0.294. The van der Waals surface area contributed by atoms with Crippen molar-refractivity contribution in [2.24, 2.45) is 0 Å². The summed E-state index contributed by atoms with van der Waals surface area (Å²) in [6.07, 6.45) is 4.82. The van der Waals surface area contributed by atoms with Gasteiger partial charge in [0.2, 0.25) is 5.91 Å². The zero-order valence-electron chi connectivity index (χ0n) is 11.7. The largest absolute Gasteiger partial charge is 0.294 e. The van der Waals surface area contributed by atoms with E-state index in [0.29, 0.717) is 18.9 Å². The maximum Gasteiger partial charge on any atom is 0.228 e. The molecule has 1 aliphatic carbocycles. The second-order valence-electron chi connectivity index (χ2n) is 5.31. The summed E-state index contributed by atoms with van der Waals surface area (Å²) in [6, 6.07) is 12.2. The van der Waals surface area contributed by atoms with Gasteiger partial charge >= 0.3 is 0 Å². The molecule has 0 spiro atoms. The van der Waals surface area contributed by atoms with E-state index in [4.69, 9.17) is 0 Å². The molecule has 1 aromatic carbocycles. The number of benzene rings is 1. The average molecular weight is 284 g/mol. The second-order valence-corrected chi connectivity index (χ2v) is 5.31. The van der Waals surface area contributed by atoms with Crippen LogP contribution in [-0.2, 0) is 11.2 Å². The number of amides is 1. The molecule has 0 aliphatic heterocycles. The van der Waals surface area contributed by atoms with Gasteiger partial charge in [0.15, 0.2) is 0 Å². The SMILES string of the molecule is O=C(CCc1ccc(F)cc1)N(c1ccccn1)C1CC1. The third-order valence-corrected chi connectivity index (χ3v) is 3.62. The van der Waals surface area contributed by atoms with E-state index in [1.54, 1.807) is 18.3 Å². The molecule has 3 nitrogen and oxygen atoms in total. The van der Waals surface area contributed by atoms with Gasteiger partial charge in [0.25, 0.3) is 0 Å². The van der Waals surface area contributed by atoms with Crippen LogP contribution >= 0.6 is 0 Å². The maximum absolute atomic E-state index is 12.9. The molecule has 3 rings (SSSR count). The molecule has 1 heterocycles. The van der Waals surface area contributed by atoms with Crippen molar-refractivity contribution < 1.29 is 9.18 Å². The summed E-state index contributed by atoms with van der Waals surface area (Å²) in [6.45, 7) is 0. The minimum absolute atomic E-state index is 0.0838. The molecule has 1 aromatic heterocycles. The van der Waals surface area contributed by atoms with E-state index >= 15 is 0 Å². The molecule has 108 valence electrons. The van der Waals surface area contributed by atoms with Crippen LogP contribution in [0.1, 0.15) is 24.8 Å². The molecule has 1 aliphatic rings. The first-order valence-corrected chi connectivity index (χ1v) is 7.21. The number of pyridine rings is 1. The van der Waals surface area contributed by atoms with Crippen molar-refractivity contribution in [3.8, 4) is 0 Å².